The van der Waals surface area contributed by atoms with E-state index in [9.17, 15) is 9.59 Å². The lowest BCUT2D eigenvalue weighted by Gasteiger charge is -2.26. The Morgan fingerprint density at radius 1 is 1.15 bits per heavy atom. The number of fused-ring (bicyclic) bond motifs is 2. The Morgan fingerprint density at radius 2 is 2.00 bits per heavy atom. The highest BCUT2D eigenvalue weighted by atomic mass is 32.2. The lowest BCUT2D eigenvalue weighted by atomic mass is 10.1. The van der Waals surface area contributed by atoms with Crippen LogP contribution in [0.5, 0.6) is 0 Å². The van der Waals surface area contributed by atoms with Crippen LogP contribution >= 0.6 is 11.8 Å². The summed E-state index contributed by atoms with van der Waals surface area (Å²) >= 11 is 1.43. The Balaban J connectivity index is 1.37. The van der Waals surface area contributed by atoms with Crippen molar-refractivity contribution in [3.05, 3.63) is 107 Å². The zero-order valence-electron chi connectivity index (χ0n) is 21.9. The molecule has 0 aliphatic carbocycles. The van der Waals surface area contributed by atoms with E-state index in [1.807, 2.05) is 57.8 Å². The number of pyridine rings is 2. The summed E-state index contributed by atoms with van der Waals surface area (Å²) in [6, 6.07) is 14.6. The van der Waals surface area contributed by atoms with Crippen molar-refractivity contribution in [1.29, 1.82) is 0 Å². The molecule has 0 unspecified atom stereocenters. The molecule has 10 heteroatoms. The zero-order valence-corrected chi connectivity index (χ0v) is 22.7. The number of hydrogen-bond acceptors (Lipinski definition) is 6. The number of carbonyl (C=O) groups is 1. The van der Waals surface area contributed by atoms with Gasteiger partial charge in [0.1, 0.15) is 11.4 Å². The van der Waals surface area contributed by atoms with E-state index in [2.05, 4.69) is 15.3 Å². The summed E-state index contributed by atoms with van der Waals surface area (Å²) < 4.78 is 19.5. The monoisotopic (exact) mass is 554 g/mol. The van der Waals surface area contributed by atoms with Gasteiger partial charge in [-0.1, -0.05) is 30.0 Å². The van der Waals surface area contributed by atoms with E-state index in [0.717, 1.165) is 29.2 Å². The number of imidazole rings is 1. The van der Waals surface area contributed by atoms with Gasteiger partial charge in [0.15, 0.2) is 0 Å². The molecule has 1 aliphatic heterocycles. The van der Waals surface area contributed by atoms with Crippen LogP contribution in [0, 0.1) is 5.82 Å². The Morgan fingerprint density at radius 3 is 2.80 bits per heavy atom. The predicted molar refractivity (Wildman–Crippen MR) is 154 cm³/mol. The van der Waals surface area contributed by atoms with E-state index < -0.39 is 17.2 Å². The van der Waals surface area contributed by atoms with E-state index in [0.29, 0.717) is 35.6 Å². The first kappa shape index (κ1) is 25.8. The van der Waals surface area contributed by atoms with Crippen LogP contribution in [0.4, 0.5) is 10.1 Å². The van der Waals surface area contributed by atoms with Gasteiger partial charge < -0.3 is 19.4 Å². The largest absolute Gasteiger partial charge is 0.382 e. The molecule has 5 aromatic rings. The first-order valence-corrected chi connectivity index (χ1v) is 13.9. The minimum atomic E-state index is -0.520. The van der Waals surface area contributed by atoms with Gasteiger partial charge in [-0.05, 0) is 36.8 Å². The first-order valence-electron chi connectivity index (χ1n) is 13.1. The van der Waals surface area contributed by atoms with Crippen molar-refractivity contribution in [2.75, 3.05) is 25.5 Å². The maximum atomic E-state index is 15.6. The van der Waals surface area contributed by atoms with Crippen LogP contribution in [0.15, 0.2) is 94.2 Å². The number of likely N-dealkylation sites (N-methyl/N-ethyl adjacent to an activating group) is 1. The van der Waals surface area contributed by atoms with Crippen molar-refractivity contribution in [2.24, 2.45) is 0 Å². The summed E-state index contributed by atoms with van der Waals surface area (Å²) in [6.45, 7) is 1.68. The SMILES string of the molecule is CN(CCc1ccccn1)C(=O)c1cn2c3c(c(NCCCn4ccnc4)c(F)cc3c1=O)Sc1ccccc1-2. The highest BCUT2D eigenvalue weighted by Gasteiger charge is 2.28. The highest BCUT2D eigenvalue weighted by molar-refractivity contribution is 8.00. The third-order valence-electron chi connectivity index (χ3n) is 6.99. The van der Waals surface area contributed by atoms with Crippen LogP contribution in [-0.2, 0) is 13.0 Å². The summed E-state index contributed by atoms with van der Waals surface area (Å²) in [4.78, 5) is 38.6. The van der Waals surface area contributed by atoms with Gasteiger partial charge in [0.05, 0.1) is 33.5 Å². The molecule has 2 aromatic carbocycles. The van der Waals surface area contributed by atoms with Gasteiger partial charge in [-0.3, -0.25) is 14.6 Å². The predicted octanol–water partition coefficient (Wildman–Crippen LogP) is 5.00. The van der Waals surface area contributed by atoms with Gasteiger partial charge in [0.25, 0.3) is 5.91 Å². The van der Waals surface area contributed by atoms with Crippen molar-refractivity contribution in [3.63, 3.8) is 0 Å². The molecule has 1 amide bonds. The molecule has 8 nitrogen and oxygen atoms in total. The Labute approximate surface area is 234 Å². The number of aryl methyl sites for hydroxylation is 1. The molecule has 0 saturated carbocycles. The number of rotatable bonds is 9. The zero-order chi connectivity index (χ0) is 27.6. The molecule has 202 valence electrons. The third-order valence-corrected chi connectivity index (χ3v) is 8.16. The number of carbonyl (C=O) groups excluding carboxylic acids is 1. The molecule has 0 spiro atoms. The van der Waals surface area contributed by atoms with Crippen LogP contribution in [0.2, 0.25) is 0 Å². The highest BCUT2D eigenvalue weighted by Crippen LogP contribution is 2.46. The molecule has 40 heavy (non-hydrogen) atoms. The lowest BCUT2D eigenvalue weighted by Crippen LogP contribution is -2.33. The topological polar surface area (TPSA) is 85.1 Å². The number of amides is 1. The minimum absolute atomic E-state index is 0.00381. The van der Waals surface area contributed by atoms with E-state index in [4.69, 9.17) is 0 Å². The second-order valence-electron chi connectivity index (χ2n) is 9.65. The minimum Gasteiger partial charge on any atom is -0.382 e. The van der Waals surface area contributed by atoms with Gasteiger partial charge in [-0.25, -0.2) is 9.37 Å². The standard InChI is InChI=1S/C30H27FN6O2S/c1-35(15-10-20-7-4-5-11-33-20)30(39)22-18-37-24-8-2-3-9-25(24)40-29-26(23(31)17-21(27(29)37)28(22)38)34-12-6-14-36-16-13-32-19-36/h2-5,7-9,11,13,16-19,34H,6,10,12,14-15H2,1H3. The number of nitrogens with one attached hydrogen (secondary N) is 1. The van der Waals surface area contributed by atoms with Crippen molar-refractivity contribution >= 4 is 34.3 Å². The Bertz CT molecular complexity index is 1750. The van der Waals surface area contributed by atoms with Gasteiger partial charge in [0, 0.05) is 68.5 Å². The Kier molecular flexibility index (Phi) is 7.08. The number of nitrogens with zero attached hydrogens (tertiary/aromatic N) is 5. The van der Waals surface area contributed by atoms with E-state index in [1.54, 1.807) is 32.0 Å². The Hall–Kier alpha value is -4.44. The lowest BCUT2D eigenvalue weighted by molar-refractivity contribution is 0.0794. The fourth-order valence-electron chi connectivity index (χ4n) is 4.91. The number of anilines is 1. The van der Waals surface area contributed by atoms with Gasteiger partial charge in [-0.15, -0.1) is 0 Å². The second kappa shape index (κ2) is 11.0. The van der Waals surface area contributed by atoms with Crippen LogP contribution in [0.3, 0.4) is 0 Å². The maximum Gasteiger partial charge on any atom is 0.259 e. The summed E-state index contributed by atoms with van der Waals surface area (Å²) in [7, 11) is 1.66. The average Bonchev–Trinajstić information content (AvgIpc) is 3.50. The van der Waals surface area contributed by atoms with Crippen molar-refractivity contribution in [1.82, 2.24) is 24.0 Å². The number of benzene rings is 2. The van der Waals surface area contributed by atoms with Crippen molar-refractivity contribution < 1.29 is 9.18 Å². The molecule has 0 saturated heterocycles. The molecule has 1 N–H and O–H groups in total. The van der Waals surface area contributed by atoms with Crippen LogP contribution in [0.25, 0.3) is 16.6 Å². The number of hydrogen-bond donors (Lipinski definition) is 1. The quantitative estimate of drug-likeness (QED) is 0.253. The molecule has 6 rings (SSSR count). The fourth-order valence-corrected chi connectivity index (χ4v) is 6.13. The molecule has 0 fully saturated rings. The van der Waals surface area contributed by atoms with Gasteiger partial charge in [-0.2, -0.15) is 0 Å². The van der Waals surface area contributed by atoms with E-state index in [1.165, 1.54) is 22.7 Å². The van der Waals surface area contributed by atoms with Gasteiger partial charge in [0.2, 0.25) is 5.43 Å². The summed E-state index contributed by atoms with van der Waals surface area (Å²) in [5.41, 5.74) is 2.18. The fraction of sp³-hybridized carbons (Fsp3) is 0.200. The summed E-state index contributed by atoms with van der Waals surface area (Å²) in [5.74, 6) is -0.931. The molecule has 1 aliphatic rings. The van der Waals surface area contributed by atoms with Crippen LogP contribution in [-0.4, -0.2) is 50.0 Å². The van der Waals surface area contributed by atoms with Crippen molar-refractivity contribution in [2.45, 2.75) is 29.2 Å². The normalized spacial score (nSPS) is 11.8. The number of para-hydroxylation sites is 1. The molecular formula is C30H27FN6O2S. The maximum absolute atomic E-state index is 15.6. The second-order valence-corrected chi connectivity index (χ2v) is 10.7. The molecule has 0 radical (unpaired) electrons. The molecule has 3 aromatic heterocycles. The molecular weight excluding hydrogens is 527 g/mol. The smallest absolute Gasteiger partial charge is 0.259 e. The summed E-state index contributed by atoms with van der Waals surface area (Å²) in [5, 5.41) is 3.44. The van der Waals surface area contributed by atoms with Crippen LogP contribution < -0.4 is 10.7 Å². The first-order chi connectivity index (χ1) is 19.5. The number of halogens is 1. The molecule has 0 bridgehead atoms. The van der Waals surface area contributed by atoms with Crippen molar-refractivity contribution in [3.8, 4) is 5.69 Å². The molecule has 0 atom stereocenters. The number of aromatic nitrogens is 4. The average molecular weight is 555 g/mol. The third kappa shape index (κ3) is 4.86. The van der Waals surface area contributed by atoms with E-state index >= 15 is 4.39 Å². The summed E-state index contributed by atoms with van der Waals surface area (Å²) in [6.07, 6.45) is 10.0. The van der Waals surface area contributed by atoms with Crippen LogP contribution in [0.1, 0.15) is 22.5 Å². The van der Waals surface area contributed by atoms with E-state index in [-0.39, 0.29) is 10.9 Å². The molecule has 4 heterocycles. The van der Waals surface area contributed by atoms with Gasteiger partial charge >= 0.3 is 0 Å².